The Hall–Kier alpha value is -1.26. The predicted octanol–water partition coefficient (Wildman–Crippen LogP) is 1.78. The van der Waals surface area contributed by atoms with Crippen LogP contribution in [0.3, 0.4) is 0 Å². The van der Waals surface area contributed by atoms with E-state index in [-0.39, 0.29) is 17.7 Å². The fourth-order valence-electron chi connectivity index (χ4n) is 1.97. The summed E-state index contributed by atoms with van der Waals surface area (Å²) in [6.45, 7) is 0.433. The lowest BCUT2D eigenvalue weighted by Crippen LogP contribution is -2.17. The van der Waals surface area contributed by atoms with Gasteiger partial charge in [-0.05, 0) is 18.6 Å². The second-order valence-corrected chi connectivity index (χ2v) is 4.37. The first-order valence-electron chi connectivity index (χ1n) is 5.02. The third-order valence-corrected chi connectivity index (χ3v) is 3.08. The third-order valence-electron chi connectivity index (χ3n) is 2.85. The number of carboxylic acid groups (broad SMARTS) is 1. The van der Waals surface area contributed by atoms with E-state index in [1.54, 1.807) is 12.1 Å². The maximum atomic E-state index is 10.8. The molecule has 1 aliphatic heterocycles. The SMILES string of the molecule is O=C(O)C1CNC(c2ccc(Cl)cc2O)C1. The number of hydrogen-bond donors (Lipinski definition) is 3. The van der Waals surface area contributed by atoms with Crippen molar-refractivity contribution in [2.24, 2.45) is 5.92 Å². The van der Waals surface area contributed by atoms with E-state index in [1.807, 2.05) is 0 Å². The second-order valence-electron chi connectivity index (χ2n) is 3.93. The summed E-state index contributed by atoms with van der Waals surface area (Å²) in [5.41, 5.74) is 0.702. The summed E-state index contributed by atoms with van der Waals surface area (Å²) in [4.78, 5) is 10.8. The second kappa shape index (κ2) is 4.31. The Morgan fingerprint density at radius 1 is 1.50 bits per heavy atom. The number of rotatable bonds is 2. The maximum Gasteiger partial charge on any atom is 0.307 e. The molecule has 86 valence electrons. The number of carbonyl (C=O) groups is 1. The van der Waals surface area contributed by atoms with Crippen LogP contribution in [0.4, 0.5) is 0 Å². The Morgan fingerprint density at radius 3 is 2.81 bits per heavy atom. The lowest BCUT2D eigenvalue weighted by Gasteiger charge is -2.12. The molecule has 1 saturated heterocycles. The van der Waals surface area contributed by atoms with Crippen molar-refractivity contribution >= 4 is 17.6 Å². The van der Waals surface area contributed by atoms with Crippen molar-refractivity contribution in [2.75, 3.05) is 6.54 Å². The molecular formula is C11H12ClNO3. The normalized spacial score (nSPS) is 24.6. The van der Waals surface area contributed by atoms with E-state index in [9.17, 15) is 9.90 Å². The van der Waals surface area contributed by atoms with Gasteiger partial charge in [-0.2, -0.15) is 0 Å². The molecule has 0 saturated carbocycles. The number of halogens is 1. The van der Waals surface area contributed by atoms with Gasteiger partial charge in [0.15, 0.2) is 0 Å². The Labute approximate surface area is 97.9 Å². The molecular weight excluding hydrogens is 230 g/mol. The van der Waals surface area contributed by atoms with Crippen molar-refractivity contribution in [3.8, 4) is 5.75 Å². The Kier molecular flexibility index (Phi) is 3.03. The molecule has 4 nitrogen and oxygen atoms in total. The van der Waals surface area contributed by atoms with E-state index < -0.39 is 5.97 Å². The molecule has 1 heterocycles. The summed E-state index contributed by atoms with van der Waals surface area (Å²) in [6, 6.07) is 4.76. The van der Waals surface area contributed by atoms with E-state index in [1.165, 1.54) is 6.07 Å². The lowest BCUT2D eigenvalue weighted by molar-refractivity contribution is -0.141. The standard InChI is InChI=1S/C11H12ClNO3/c12-7-1-2-8(10(14)4-7)9-3-6(5-13-9)11(15)16/h1-2,4,6,9,13-14H,3,5H2,(H,15,16). The first-order chi connectivity index (χ1) is 7.58. The van der Waals surface area contributed by atoms with Crippen LogP contribution in [0.1, 0.15) is 18.0 Å². The monoisotopic (exact) mass is 241 g/mol. The highest BCUT2D eigenvalue weighted by Crippen LogP contribution is 2.34. The zero-order valence-corrected chi connectivity index (χ0v) is 9.24. The smallest absolute Gasteiger partial charge is 0.307 e. The van der Waals surface area contributed by atoms with Gasteiger partial charge in [-0.3, -0.25) is 4.79 Å². The molecule has 2 atom stereocenters. The third kappa shape index (κ3) is 2.13. The molecule has 0 bridgehead atoms. The average Bonchev–Trinajstić information content (AvgIpc) is 2.66. The fourth-order valence-corrected chi connectivity index (χ4v) is 2.14. The molecule has 1 aliphatic rings. The predicted molar refractivity (Wildman–Crippen MR) is 59.6 cm³/mol. The van der Waals surface area contributed by atoms with E-state index in [4.69, 9.17) is 16.7 Å². The Balaban J connectivity index is 2.17. The molecule has 1 aromatic carbocycles. The first kappa shape index (κ1) is 11.2. The quantitative estimate of drug-likeness (QED) is 0.738. The van der Waals surface area contributed by atoms with E-state index >= 15 is 0 Å². The van der Waals surface area contributed by atoms with E-state index in [0.29, 0.717) is 23.6 Å². The largest absolute Gasteiger partial charge is 0.508 e. The molecule has 0 amide bonds. The molecule has 0 aromatic heterocycles. The first-order valence-corrected chi connectivity index (χ1v) is 5.40. The molecule has 0 radical (unpaired) electrons. The molecule has 0 spiro atoms. The van der Waals surface area contributed by atoms with Crippen LogP contribution in [-0.2, 0) is 4.79 Å². The van der Waals surface area contributed by atoms with Gasteiger partial charge in [0, 0.05) is 23.2 Å². The summed E-state index contributed by atoms with van der Waals surface area (Å²) in [6.07, 6.45) is 0.491. The van der Waals surface area contributed by atoms with Gasteiger partial charge in [0.1, 0.15) is 5.75 Å². The highest BCUT2D eigenvalue weighted by molar-refractivity contribution is 6.30. The fraction of sp³-hybridized carbons (Fsp3) is 0.364. The van der Waals surface area contributed by atoms with Crippen LogP contribution < -0.4 is 5.32 Å². The topological polar surface area (TPSA) is 69.6 Å². The maximum absolute atomic E-state index is 10.8. The Morgan fingerprint density at radius 2 is 2.25 bits per heavy atom. The van der Waals surface area contributed by atoms with Crippen LogP contribution in [0.15, 0.2) is 18.2 Å². The number of phenolic OH excluding ortho intramolecular Hbond substituents is 1. The number of aromatic hydroxyl groups is 1. The number of nitrogens with one attached hydrogen (secondary N) is 1. The summed E-state index contributed by atoms with van der Waals surface area (Å²) >= 11 is 5.73. The molecule has 2 rings (SSSR count). The summed E-state index contributed by atoms with van der Waals surface area (Å²) < 4.78 is 0. The van der Waals surface area contributed by atoms with Gasteiger partial charge in [-0.25, -0.2) is 0 Å². The molecule has 1 aromatic rings. The Bertz CT molecular complexity index is 422. The van der Waals surface area contributed by atoms with Gasteiger partial charge >= 0.3 is 5.97 Å². The van der Waals surface area contributed by atoms with Gasteiger partial charge in [-0.15, -0.1) is 0 Å². The van der Waals surface area contributed by atoms with Crippen molar-refractivity contribution in [1.82, 2.24) is 5.32 Å². The summed E-state index contributed by atoms with van der Waals surface area (Å²) in [5, 5.41) is 22.1. The minimum atomic E-state index is -0.802. The van der Waals surface area contributed by atoms with Gasteiger partial charge in [0.05, 0.1) is 5.92 Å². The number of phenols is 1. The lowest BCUT2D eigenvalue weighted by atomic mass is 9.99. The van der Waals surface area contributed by atoms with Crippen LogP contribution in [0, 0.1) is 5.92 Å². The van der Waals surface area contributed by atoms with Crippen LogP contribution in [0.5, 0.6) is 5.75 Å². The average molecular weight is 242 g/mol. The van der Waals surface area contributed by atoms with Crippen molar-refractivity contribution in [3.05, 3.63) is 28.8 Å². The highest BCUT2D eigenvalue weighted by atomic mass is 35.5. The van der Waals surface area contributed by atoms with Crippen molar-refractivity contribution in [2.45, 2.75) is 12.5 Å². The van der Waals surface area contributed by atoms with Gasteiger partial charge < -0.3 is 15.5 Å². The van der Waals surface area contributed by atoms with E-state index in [2.05, 4.69) is 5.32 Å². The highest BCUT2D eigenvalue weighted by Gasteiger charge is 2.31. The molecule has 16 heavy (non-hydrogen) atoms. The zero-order chi connectivity index (χ0) is 11.7. The van der Waals surface area contributed by atoms with Gasteiger partial charge in [0.2, 0.25) is 0 Å². The van der Waals surface area contributed by atoms with E-state index in [0.717, 1.165) is 0 Å². The molecule has 0 aliphatic carbocycles. The molecule has 2 unspecified atom stereocenters. The number of aliphatic carboxylic acids is 1. The number of carboxylic acids is 1. The molecule has 1 fully saturated rings. The van der Waals surface area contributed by atoms with Crippen LogP contribution in [-0.4, -0.2) is 22.7 Å². The summed E-state index contributed by atoms with van der Waals surface area (Å²) in [5.74, 6) is -1.08. The molecule has 5 heteroatoms. The minimum absolute atomic E-state index is 0.107. The van der Waals surface area contributed by atoms with Crippen LogP contribution >= 0.6 is 11.6 Å². The van der Waals surface area contributed by atoms with Crippen molar-refractivity contribution < 1.29 is 15.0 Å². The number of hydrogen-bond acceptors (Lipinski definition) is 3. The van der Waals surface area contributed by atoms with Gasteiger partial charge in [-0.1, -0.05) is 17.7 Å². The number of benzene rings is 1. The minimum Gasteiger partial charge on any atom is -0.508 e. The zero-order valence-electron chi connectivity index (χ0n) is 8.48. The van der Waals surface area contributed by atoms with Crippen LogP contribution in [0.25, 0.3) is 0 Å². The molecule has 3 N–H and O–H groups in total. The van der Waals surface area contributed by atoms with Crippen molar-refractivity contribution in [1.29, 1.82) is 0 Å². The van der Waals surface area contributed by atoms with Crippen molar-refractivity contribution in [3.63, 3.8) is 0 Å². The summed E-state index contributed by atoms with van der Waals surface area (Å²) in [7, 11) is 0. The van der Waals surface area contributed by atoms with Crippen LogP contribution in [0.2, 0.25) is 5.02 Å². The van der Waals surface area contributed by atoms with Gasteiger partial charge in [0.25, 0.3) is 0 Å².